The van der Waals surface area contributed by atoms with Gasteiger partial charge in [-0.2, -0.15) is 5.26 Å². The SMILES string of the molecule is N#Cc1cccc(CNC(=O)c2sccc2C#CCO)c1. The molecule has 0 aliphatic carbocycles. The topological polar surface area (TPSA) is 73.1 Å². The zero-order chi connectivity index (χ0) is 15.1. The average Bonchev–Trinajstić information content (AvgIpc) is 2.99. The summed E-state index contributed by atoms with van der Waals surface area (Å²) in [7, 11) is 0. The van der Waals surface area contributed by atoms with E-state index in [1.807, 2.05) is 6.07 Å². The Morgan fingerprint density at radius 3 is 3.00 bits per heavy atom. The fourth-order valence-electron chi connectivity index (χ4n) is 1.73. The van der Waals surface area contributed by atoms with E-state index in [1.165, 1.54) is 11.3 Å². The van der Waals surface area contributed by atoms with Gasteiger partial charge in [0.2, 0.25) is 0 Å². The Bertz CT molecular complexity index is 747. The standard InChI is InChI=1S/C16H12N2O2S/c17-10-12-3-1-4-13(9-12)11-18-16(20)15-14(5-2-7-19)6-8-21-15/h1,3-4,6,8-9,19H,7,11H2,(H,18,20). The van der Waals surface area contributed by atoms with Gasteiger partial charge >= 0.3 is 0 Å². The second kappa shape index (κ2) is 7.25. The summed E-state index contributed by atoms with van der Waals surface area (Å²) in [6.45, 7) is 0.108. The predicted molar refractivity (Wildman–Crippen MR) is 80.6 cm³/mol. The normalized spacial score (nSPS) is 9.33. The first-order valence-electron chi connectivity index (χ1n) is 6.19. The molecule has 0 aliphatic rings. The van der Waals surface area contributed by atoms with E-state index < -0.39 is 0 Å². The monoisotopic (exact) mass is 296 g/mol. The highest BCUT2D eigenvalue weighted by Gasteiger charge is 2.11. The van der Waals surface area contributed by atoms with Crippen LogP contribution in [-0.2, 0) is 6.54 Å². The van der Waals surface area contributed by atoms with Crippen molar-refractivity contribution in [2.24, 2.45) is 0 Å². The smallest absolute Gasteiger partial charge is 0.262 e. The van der Waals surface area contributed by atoms with Crippen LogP contribution in [0.4, 0.5) is 0 Å². The first-order chi connectivity index (χ1) is 10.2. The maximum Gasteiger partial charge on any atom is 0.262 e. The molecule has 1 aromatic carbocycles. The minimum Gasteiger partial charge on any atom is -0.384 e. The Hall–Kier alpha value is -2.60. The van der Waals surface area contributed by atoms with Gasteiger partial charge in [0, 0.05) is 12.1 Å². The summed E-state index contributed by atoms with van der Waals surface area (Å²) in [5.41, 5.74) is 2.03. The minimum atomic E-state index is -0.238. The van der Waals surface area contributed by atoms with Crippen LogP contribution in [0, 0.1) is 23.2 Å². The van der Waals surface area contributed by atoms with Crippen molar-refractivity contribution in [2.45, 2.75) is 6.54 Å². The molecule has 21 heavy (non-hydrogen) atoms. The van der Waals surface area contributed by atoms with Crippen molar-refractivity contribution in [1.29, 1.82) is 5.26 Å². The number of aliphatic hydroxyl groups is 1. The van der Waals surface area contributed by atoms with Crippen LogP contribution in [0.25, 0.3) is 0 Å². The Morgan fingerprint density at radius 1 is 1.38 bits per heavy atom. The molecule has 1 heterocycles. The first-order valence-corrected chi connectivity index (χ1v) is 7.07. The maximum atomic E-state index is 12.1. The van der Waals surface area contributed by atoms with E-state index in [4.69, 9.17) is 10.4 Å². The molecule has 0 unspecified atom stereocenters. The van der Waals surface area contributed by atoms with Crippen LogP contribution in [0.1, 0.15) is 26.4 Å². The van der Waals surface area contributed by atoms with E-state index in [9.17, 15) is 4.79 Å². The number of rotatable bonds is 3. The van der Waals surface area contributed by atoms with Gasteiger partial charge in [-0.3, -0.25) is 4.79 Å². The van der Waals surface area contributed by atoms with Crippen LogP contribution >= 0.6 is 11.3 Å². The number of hydrogen-bond acceptors (Lipinski definition) is 4. The van der Waals surface area contributed by atoms with Gasteiger partial charge in [-0.15, -0.1) is 11.3 Å². The van der Waals surface area contributed by atoms with Gasteiger partial charge in [0.05, 0.1) is 11.6 Å². The van der Waals surface area contributed by atoms with Crippen molar-refractivity contribution in [3.05, 3.63) is 57.3 Å². The number of amides is 1. The minimum absolute atomic E-state index is 0.213. The number of aliphatic hydroxyl groups excluding tert-OH is 1. The molecule has 0 spiro atoms. The van der Waals surface area contributed by atoms with Gasteiger partial charge in [-0.05, 0) is 29.1 Å². The highest BCUT2D eigenvalue weighted by molar-refractivity contribution is 7.12. The van der Waals surface area contributed by atoms with Crippen molar-refractivity contribution in [2.75, 3.05) is 6.61 Å². The average molecular weight is 296 g/mol. The second-order valence-corrected chi connectivity index (χ2v) is 5.03. The van der Waals surface area contributed by atoms with E-state index >= 15 is 0 Å². The molecule has 0 saturated carbocycles. The fourth-order valence-corrected chi connectivity index (χ4v) is 2.50. The lowest BCUT2D eigenvalue weighted by molar-refractivity contribution is 0.0955. The molecule has 0 aliphatic heterocycles. The highest BCUT2D eigenvalue weighted by Crippen LogP contribution is 2.16. The summed E-state index contributed by atoms with van der Waals surface area (Å²) in [6, 6.07) is 10.9. The molecule has 0 fully saturated rings. The van der Waals surface area contributed by atoms with E-state index in [1.54, 1.807) is 29.6 Å². The van der Waals surface area contributed by atoms with Crippen LogP contribution in [0.3, 0.4) is 0 Å². The molecule has 104 valence electrons. The van der Waals surface area contributed by atoms with Gasteiger partial charge < -0.3 is 10.4 Å². The van der Waals surface area contributed by atoms with Gasteiger partial charge in [-0.1, -0.05) is 24.0 Å². The number of benzene rings is 1. The number of nitriles is 1. The lowest BCUT2D eigenvalue weighted by Crippen LogP contribution is -2.22. The van der Waals surface area contributed by atoms with Crippen LogP contribution in [0.15, 0.2) is 35.7 Å². The summed E-state index contributed by atoms with van der Waals surface area (Å²) in [5.74, 6) is 5.06. The van der Waals surface area contributed by atoms with E-state index in [0.29, 0.717) is 22.5 Å². The van der Waals surface area contributed by atoms with Gasteiger partial charge in [-0.25, -0.2) is 0 Å². The van der Waals surface area contributed by atoms with Crippen molar-refractivity contribution in [3.63, 3.8) is 0 Å². The molecular weight excluding hydrogens is 284 g/mol. The Balaban J connectivity index is 2.05. The molecule has 2 N–H and O–H groups in total. The molecule has 1 amide bonds. The highest BCUT2D eigenvalue weighted by atomic mass is 32.1. The van der Waals surface area contributed by atoms with Gasteiger partial charge in [0.1, 0.15) is 11.5 Å². The van der Waals surface area contributed by atoms with E-state index in [0.717, 1.165) is 5.56 Å². The number of carbonyl (C=O) groups excluding carboxylic acids is 1. The quantitative estimate of drug-likeness (QED) is 0.850. The molecule has 2 aromatic rings. The molecule has 0 saturated heterocycles. The molecule has 4 nitrogen and oxygen atoms in total. The summed E-state index contributed by atoms with van der Waals surface area (Å²) >= 11 is 1.30. The van der Waals surface area contributed by atoms with Crippen LogP contribution in [0.2, 0.25) is 0 Å². The maximum absolute atomic E-state index is 12.1. The second-order valence-electron chi connectivity index (χ2n) is 4.12. The van der Waals surface area contributed by atoms with E-state index in [-0.39, 0.29) is 12.5 Å². The van der Waals surface area contributed by atoms with Crippen molar-refractivity contribution < 1.29 is 9.90 Å². The summed E-state index contributed by atoms with van der Waals surface area (Å²) in [5, 5.41) is 22.1. The number of hydrogen-bond donors (Lipinski definition) is 2. The van der Waals surface area contributed by atoms with Crippen molar-refractivity contribution >= 4 is 17.2 Å². The van der Waals surface area contributed by atoms with Crippen LogP contribution < -0.4 is 5.32 Å². The zero-order valence-electron chi connectivity index (χ0n) is 11.1. The fraction of sp³-hybridized carbons (Fsp3) is 0.125. The number of nitrogens with zero attached hydrogens (tertiary/aromatic N) is 1. The molecule has 5 heteroatoms. The third-order valence-electron chi connectivity index (χ3n) is 2.68. The molecule has 2 rings (SSSR count). The lowest BCUT2D eigenvalue weighted by atomic mass is 10.1. The molecule has 0 bridgehead atoms. The molecule has 0 radical (unpaired) electrons. The van der Waals surface area contributed by atoms with Gasteiger partial charge in [0.25, 0.3) is 5.91 Å². The Morgan fingerprint density at radius 2 is 2.24 bits per heavy atom. The van der Waals surface area contributed by atoms with Crippen LogP contribution in [-0.4, -0.2) is 17.6 Å². The molecular formula is C16H12N2O2S. The summed E-state index contributed by atoms with van der Waals surface area (Å²) < 4.78 is 0. The predicted octanol–water partition coefficient (Wildman–Crippen LogP) is 1.89. The third kappa shape index (κ3) is 3.93. The van der Waals surface area contributed by atoms with Gasteiger partial charge in [0.15, 0.2) is 0 Å². The number of carbonyl (C=O) groups is 1. The zero-order valence-corrected chi connectivity index (χ0v) is 11.9. The summed E-state index contributed by atoms with van der Waals surface area (Å²) in [4.78, 5) is 12.6. The lowest BCUT2D eigenvalue weighted by Gasteiger charge is -2.04. The number of thiophene rings is 1. The van der Waals surface area contributed by atoms with Crippen LogP contribution in [0.5, 0.6) is 0 Å². The van der Waals surface area contributed by atoms with E-state index in [2.05, 4.69) is 23.2 Å². The van der Waals surface area contributed by atoms with Crippen molar-refractivity contribution in [3.8, 4) is 17.9 Å². The number of nitrogens with one attached hydrogen (secondary N) is 1. The summed E-state index contributed by atoms with van der Waals surface area (Å²) in [6.07, 6.45) is 0. The Labute approximate surface area is 126 Å². The third-order valence-corrected chi connectivity index (χ3v) is 3.60. The first kappa shape index (κ1) is 14.8. The Kier molecular flexibility index (Phi) is 5.11. The molecule has 0 atom stereocenters. The molecule has 1 aromatic heterocycles. The largest absolute Gasteiger partial charge is 0.384 e. The van der Waals surface area contributed by atoms with Crippen molar-refractivity contribution in [1.82, 2.24) is 5.32 Å².